The number of nitro benzene ring substituents is 1. The largest absolute Gasteiger partial charge is 0.453 e. The molecular weight excluding hydrogens is 488 g/mol. The molecule has 0 saturated carbocycles. The summed E-state index contributed by atoms with van der Waals surface area (Å²) in [6, 6.07) is 13.1. The van der Waals surface area contributed by atoms with Gasteiger partial charge in [-0.05, 0) is 24.3 Å². The minimum atomic E-state index is -1.66. The summed E-state index contributed by atoms with van der Waals surface area (Å²) in [5, 5.41) is 13.4. The van der Waals surface area contributed by atoms with Crippen LogP contribution in [0.15, 0.2) is 67.0 Å². The van der Waals surface area contributed by atoms with Gasteiger partial charge in [0.15, 0.2) is 10.9 Å². The maximum Gasteiger partial charge on any atom is 0.339 e. The minimum Gasteiger partial charge on any atom is -0.453 e. The highest BCUT2D eigenvalue weighted by atomic mass is 32.1. The molecule has 12 heteroatoms. The number of rotatable bonds is 7. The molecule has 1 aliphatic rings. The van der Waals surface area contributed by atoms with E-state index in [1.807, 2.05) is 0 Å². The minimum absolute atomic E-state index is 0.0165. The van der Waals surface area contributed by atoms with E-state index in [0.717, 1.165) is 11.3 Å². The highest BCUT2D eigenvalue weighted by Gasteiger charge is 2.46. The molecule has 3 heterocycles. The van der Waals surface area contributed by atoms with Gasteiger partial charge >= 0.3 is 5.97 Å². The van der Waals surface area contributed by atoms with Gasteiger partial charge < -0.3 is 4.74 Å². The number of anilines is 1. The van der Waals surface area contributed by atoms with E-state index in [1.54, 1.807) is 18.2 Å². The van der Waals surface area contributed by atoms with Gasteiger partial charge in [0.1, 0.15) is 12.0 Å². The molecule has 36 heavy (non-hydrogen) atoms. The van der Waals surface area contributed by atoms with Crippen LogP contribution in [0.1, 0.15) is 32.4 Å². The van der Waals surface area contributed by atoms with Crippen molar-refractivity contribution in [2.45, 2.75) is 6.10 Å². The number of thiazole rings is 1. The lowest BCUT2D eigenvalue weighted by Gasteiger charge is -2.20. The molecule has 2 atom stereocenters. The molecule has 5 rings (SSSR count). The van der Waals surface area contributed by atoms with E-state index in [9.17, 15) is 29.3 Å². The number of nitro groups is 1. The third-order valence-corrected chi connectivity index (χ3v) is 6.51. The Hall–Kier alpha value is -4.84. The van der Waals surface area contributed by atoms with Crippen molar-refractivity contribution in [2.24, 2.45) is 5.92 Å². The van der Waals surface area contributed by atoms with Crippen LogP contribution in [-0.4, -0.2) is 38.3 Å². The number of nitrogens with one attached hydrogen (secondary N) is 1. The lowest BCUT2D eigenvalue weighted by molar-refractivity contribution is -0.384. The third kappa shape index (κ3) is 4.09. The molecule has 2 aromatic heterocycles. The lowest BCUT2D eigenvalue weighted by atomic mass is 9.85. The highest BCUT2D eigenvalue weighted by molar-refractivity contribution is 7.22. The van der Waals surface area contributed by atoms with Gasteiger partial charge in [0.25, 0.3) is 11.6 Å². The van der Waals surface area contributed by atoms with Crippen LogP contribution in [0.5, 0.6) is 0 Å². The summed E-state index contributed by atoms with van der Waals surface area (Å²) in [4.78, 5) is 70.6. The number of nitrogens with zero attached hydrogens (tertiary/aromatic N) is 3. The SMILES string of the molecule is O=C(Nc1nc2ccc([N+](=O)[O-])cc2s1)C(=O)[C@H](C(=O)c1ccncc1)[C@H]1OC(=O)c2ccccc21. The Kier molecular flexibility index (Phi) is 5.78. The normalized spacial score (nSPS) is 15.1. The van der Waals surface area contributed by atoms with Gasteiger partial charge in [-0.1, -0.05) is 29.5 Å². The van der Waals surface area contributed by atoms with Gasteiger partial charge in [-0.2, -0.15) is 0 Å². The molecular formula is C24H14N4O7S. The second-order valence-electron chi connectivity index (χ2n) is 7.74. The van der Waals surface area contributed by atoms with Crippen molar-refractivity contribution in [3.05, 3.63) is 93.8 Å². The van der Waals surface area contributed by atoms with Crippen LogP contribution in [0.4, 0.5) is 10.8 Å². The molecule has 2 aromatic carbocycles. The molecule has 0 spiro atoms. The first-order valence-corrected chi connectivity index (χ1v) is 11.3. The number of amides is 1. The number of hydrogen-bond acceptors (Lipinski definition) is 10. The van der Waals surface area contributed by atoms with Crippen molar-refractivity contribution >= 4 is 55.8 Å². The van der Waals surface area contributed by atoms with Crippen molar-refractivity contribution < 1.29 is 28.8 Å². The molecule has 0 fully saturated rings. The zero-order valence-electron chi connectivity index (χ0n) is 18.1. The number of hydrogen-bond donors (Lipinski definition) is 1. The fourth-order valence-electron chi connectivity index (χ4n) is 3.89. The molecule has 11 nitrogen and oxygen atoms in total. The molecule has 0 aliphatic carbocycles. The van der Waals surface area contributed by atoms with Crippen molar-refractivity contribution in [2.75, 3.05) is 5.32 Å². The van der Waals surface area contributed by atoms with Crippen LogP contribution < -0.4 is 5.32 Å². The molecule has 4 aromatic rings. The number of esters is 1. The van der Waals surface area contributed by atoms with Gasteiger partial charge in [0.05, 0.1) is 20.7 Å². The van der Waals surface area contributed by atoms with E-state index in [4.69, 9.17) is 4.74 Å². The zero-order valence-corrected chi connectivity index (χ0v) is 18.9. The number of carbonyl (C=O) groups excluding carboxylic acids is 4. The van der Waals surface area contributed by atoms with E-state index in [2.05, 4.69) is 15.3 Å². The van der Waals surface area contributed by atoms with Crippen LogP contribution in [-0.2, 0) is 14.3 Å². The number of ketones is 2. The predicted molar refractivity (Wildman–Crippen MR) is 127 cm³/mol. The Morgan fingerprint density at radius 3 is 2.58 bits per heavy atom. The Bertz CT molecular complexity index is 1570. The molecule has 1 aliphatic heterocycles. The van der Waals surface area contributed by atoms with Crippen LogP contribution in [0, 0.1) is 16.0 Å². The summed E-state index contributed by atoms with van der Waals surface area (Å²) in [7, 11) is 0. The van der Waals surface area contributed by atoms with Gasteiger partial charge in [-0.3, -0.25) is 34.8 Å². The van der Waals surface area contributed by atoms with Crippen molar-refractivity contribution in [1.29, 1.82) is 0 Å². The standard InChI is InChI=1S/C24H14N4O7S/c29-19(12-7-9-25-10-8-12)18(21-14-3-1-2-4-15(14)23(32)35-21)20(30)22(31)27-24-26-16-6-5-13(28(33)34)11-17(16)36-24/h1-11,18,21H,(H,26,27,31)/t18-,21-/m0/s1. The van der Waals surface area contributed by atoms with Crippen LogP contribution in [0.3, 0.4) is 0 Å². The van der Waals surface area contributed by atoms with E-state index in [1.165, 1.54) is 48.8 Å². The lowest BCUT2D eigenvalue weighted by Crippen LogP contribution is -2.38. The third-order valence-electron chi connectivity index (χ3n) is 5.58. The summed E-state index contributed by atoms with van der Waals surface area (Å²) in [6.07, 6.45) is 1.43. The topological polar surface area (TPSA) is 158 Å². The van der Waals surface area contributed by atoms with Gasteiger partial charge in [0.2, 0.25) is 5.78 Å². The first-order valence-electron chi connectivity index (χ1n) is 10.5. The van der Waals surface area contributed by atoms with E-state index >= 15 is 0 Å². The molecule has 0 radical (unpaired) electrons. The maximum absolute atomic E-state index is 13.4. The molecule has 0 bridgehead atoms. The number of cyclic esters (lactones) is 1. The first kappa shape index (κ1) is 22.9. The molecule has 0 saturated heterocycles. The summed E-state index contributed by atoms with van der Waals surface area (Å²) < 4.78 is 5.81. The number of carbonyl (C=O) groups is 4. The fourth-order valence-corrected chi connectivity index (χ4v) is 4.78. The maximum atomic E-state index is 13.4. The Labute approximate surface area is 205 Å². The average molecular weight is 502 g/mol. The Balaban J connectivity index is 1.47. The smallest absolute Gasteiger partial charge is 0.339 e. The Morgan fingerprint density at radius 2 is 1.83 bits per heavy atom. The van der Waals surface area contributed by atoms with E-state index in [-0.39, 0.29) is 21.9 Å². The van der Waals surface area contributed by atoms with Crippen LogP contribution >= 0.6 is 11.3 Å². The van der Waals surface area contributed by atoms with E-state index in [0.29, 0.717) is 15.8 Å². The number of non-ortho nitro benzene ring substituents is 1. The zero-order chi connectivity index (χ0) is 25.4. The summed E-state index contributed by atoms with van der Waals surface area (Å²) in [6.45, 7) is 0. The Morgan fingerprint density at radius 1 is 1.08 bits per heavy atom. The molecule has 1 amide bonds. The number of aromatic nitrogens is 2. The van der Waals surface area contributed by atoms with Crippen LogP contribution in [0.2, 0.25) is 0 Å². The number of pyridine rings is 1. The fraction of sp³-hybridized carbons (Fsp3) is 0.0833. The number of benzene rings is 2. The van der Waals surface area contributed by atoms with Crippen molar-refractivity contribution in [1.82, 2.24) is 9.97 Å². The second kappa shape index (κ2) is 9.07. The van der Waals surface area contributed by atoms with Gasteiger partial charge in [-0.25, -0.2) is 9.78 Å². The number of ether oxygens (including phenoxy) is 1. The number of Topliss-reactive ketones (excluding diaryl/α,β-unsaturated/α-hetero) is 2. The van der Waals surface area contributed by atoms with E-state index < -0.39 is 40.4 Å². The predicted octanol–water partition coefficient (Wildman–Crippen LogP) is 3.52. The quantitative estimate of drug-likeness (QED) is 0.0996. The average Bonchev–Trinajstić information content (AvgIpc) is 3.44. The molecule has 178 valence electrons. The summed E-state index contributed by atoms with van der Waals surface area (Å²) in [5.74, 6) is -5.35. The number of fused-ring (bicyclic) bond motifs is 2. The second-order valence-corrected chi connectivity index (χ2v) is 8.77. The molecule has 0 unspecified atom stereocenters. The highest BCUT2D eigenvalue weighted by Crippen LogP contribution is 2.38. The summed E-state index contributed by atoms with van der Waals surface area (Å²) >= 11 is 0.934. The van der Waals surface area contributed by atoms with Crippen molar-refractivity contribution in [3.63, 3.8) is 0 Å². The van der Waals surface area contributed by atoms with Gasteiger partial charge in [-0.15, -0.1) is 0 Å². The summed E-state index contributed by atoms with van der Waals surface area (Å²) in [5.41, 5.74) is 0.879. The van der Waals surface area contributed by atoms with Gasteiger partial charge in [0, 0.05) is 35.7 Å². The molecule has 1 N–H and O–H groups in total. The monoisotopic (exact) mass is 502 g/mol. The van der Waals surface area contributed by atoms with Crippen LogP contribution in [0.25, 0.3) is 10.2 Å². The van der Waals surface area contributed by atoms with Crippen molar-refractivity contribution in [3.8, 4) is 0 Å². The first-order chi connectivity index (χ1) is 17.3.